The number of aromatic nitrogens is 3. The van der Waals surface area contributed by atoms with Crippen LogP contribution in [0.15, 0.2) is 48.8 Å². The van der Waals surface area contributed by atoms with Gasteiger partial charge in [0, 0.05) is 44.1 Å². The van der Waals surface area contributed by atoms with Gasteiger partial charge in [0.25, 0.3) is 0 Å². The monoisotopic (exact) mass is 611 g/mol. The molecule has 0 saturated carbocycles. The molecule has 2 N–H and O–H groups in total. The zero-order chi connectivity index (χ0) is 33.1. The van der Waals surface area contributed by atoms with Gasteiger partial charge in [-0.1, -0.05) is 51.8 Å². The molecule has 0 aliphatic carbocycles. The van der Waals surface area contributed by atoms with E-state index in [9.17, 15) is 10.0 Å². The molecule has 7 nitrogen and oxygen atoms in total. The lowest BCUT2D eigenvalue weighted by Crippen LogP contribution is -2.46. The summed E-state index contributed by atoms with van der Waals surface area (Å²) in [4.78, 5) is 24.7. The number of aryl methyl sites for hydroxylation is 3. The quantitative estimate of drug-likeness (QED) is 0.0956. The molecule has 0 radical (unpaired) electrons. The molecule has 1 atom stereocenters. The van der Waals surface area contributed by atoms with Gasteiger partial charge in [-0.3, -0.25) is 9.78 Å². The van der Waals surface area contributed by atoms with Crippen LogP contribution in [0.3, 0.4) is 0 Å². The first-order valence-electron chi connectivity index (χ1n) is 16.5. The number of hydrogen-bond donors (Lipinski definition) is 2. The predicted molar refractivity (Wildman–Crippen MR) is 185 cm³/mol. The number of carbonyl (C=O) groups is 1. The number of benzene rings is 1. The molecule has 4 aromatic rings. The van der Waals surface area contributed by atoms with Gasteiger partial charge in [0.1, 0.15) is 0 Å². The lowest BCUT2D eigenvalue weighted by molar-refractivity contribution is -0.612. The van der Waals surface area contributed by atoms with Crippen molar-refractivity contribution in [3.05, 3.63) is 87.6 Å². The summed E-state index contributed by atoms with van der Waals surface area (Å²) in [5.41, 5.74) is 8.79. The smallest absolute Gasteiger partial charge is 0.234 e. The van der Waals surface area contributed by atoms with Gasteiger partial charge in [-0.05, 0) is 93.3 Å². The fourth-order valence-electron chi connectivity index (χ4n) is 6.41. The fourth-order valence-corrected chi connectivity index (χ4v) is 6.41. The van der Waals surface area contributed by atoms with Crippen LogP contribution in [0.2, 0.25) is 0 Å². The molecule has 242 valence electrons. The summed E-state index contributed by atoms with van der Waals surface area (Å²) in [7, 11) is 0. The summed E-state index contributed by atoms with van der Waals surface area (Å²) in [6.45, 7) is 24.1. The highest BCUT2D eigenvalue weighted by Gasteiger charge is 2.36. The van der Waals surface area contributed by atoms with Gasteiger partial charge in [0.15, 0.2) is 11.9 Å². The van der Waals surface area contributed by atoms with Crippen molar-refractivity contribution in [3.8, 4) is 11.3 Å². The Kier molecular flexibility index (Phi) is 10.7. The van der Waals surface area contributed by atoms with Gasteiger partial charge in [0.2, 0.25) is 5.91 Å². The molecule has 0 unspecified atom stereocenters. The Bertz CT molecular complexity index is 1600. The van der Waals surface area contributed by atoms with E-state index in [1.165, 1.54) is 16.7 Å². The van der Waals surface area contributed by atoms with Gasteiger partial charge < -0.3 is 20.4 Å². The third kappa shape index (κ3) is 8.12. The van der Waals surface area contributed by atoms with Crippen LogP contribution in [0.1, 0.15) is 88.0 Å². The second-order valence-electron chi connectivity index (χ2n) is 14.4. The Morgan fingerprint density at radius 2 is 1.64 bits per heavy atom. The van der Waals surface area contributed by atoms with Gasteiger partial charge in [-0.15, -0.1) is 0 Å². The average molecular weight is 612 g/mol. The highest BCUT2D eigenvalue weighted by atomic mass is 16.5. The summed E-state index contributed by atoms with van der Waals surface area (Å²) in [5, 5.41) is 16.5. The van der Waals surface area contributed by atoms with Gasteiger partial charge in [0.05, 0.1) is 28.5 Å². The minimum Gasteiger partial charge on any atom is -0.619 e. The number of amides is 1. The molecule has 0 bridgehead atoms. The van der Waals surface area contributed by atoms with Crippen LogP contribution in [0.25, 0.3) is 22.2 Å². The number of pyridine rings is 2. The second kappa shape index (κ2) is 14.2. The van der Waals surface area contributed by atoms with E-state index < -0.39 is 5.41 Å². The Labute approximate surface area is 270 Å². The van der Waals surface area contributed by atoms with Crippen LogP contribution < -0.4 is 10.0 Å². The first-order valence-corrected chi connectivity index (χ1v) is 16.5. The van der Waals surface area contributed by atoms with Crippen molar-refractivity contribution in [1.82, 2.24) is 20.2 Å². The van der Waals surface area contributed by atoms with Crippen LogP contribution in [-0.4, -0.2) is 47.0 Å². The molecule has 4 rings (SSSR count). The molecular weight excluding hydrogens is 558 g/mol. The second-order valence-corrected chi connectivity index (χ2v) is 14.4. The van der Waals surface area contributed by atoms with E-state index in [1.54, 1.807) is 6.20 Å². The van der Waals surface area contributed by atoms with E-state index >= 15 is 0 Å². The summed E-state index contributed by atoms with van der Waals surface area (Å²) >= 11 is 0. The summed E-state index contributed by atoms with van der Waals surface area (Å²) in [6.07, 6.45) is 4.34. The lowest BCUT2D eigenvalue weighted by atomic mass is 9.85. The van der Waals surface area contributed by atoms with Crippen LogP contribution in [0, 0.1) is 37.8 Å². The summed E-state index contributed by atoms with van der Waals surface area (Å²) < 4.78 is 0.898. The molecule has 3 aromatic heterocycles. The first-order chi connectivity index (χ1) is 21.2. The standard InChI is InChI=1S/C38H53N5O2/c1-24(2)22-42(23-25(3)4)37(44)38(9,10)34-19-32-33(21-40-34)41-36(31-16-26(5)15-27(6)17-31)35(32)28(7)20-39-13-11-30-12-14-43(45)29(8)18-30/h12,14-19,21,24-25,28,39,41H,11,13,20,22-23H2,1-10H3/t28-/m1/s1. The van der Waals surface area contributed by atoms with Crippen molar-refractivity contribution < 1.29 is 9.52 Å². The SMILES string of the molecule is Cc1cc(C)cc(-c2[nH]c3cnc(C(C)(C)C(=O)N(CC(C)C)CC(C)C)cc3c2[C@H](C)CNCCc2cc[n+]([O-])c(C)c2)c1. The fraction of sp³-hybridized carbons (Fsp3) is 0.500. The average Bonchev–Trinajstić information content (AvgIpc) is 3.34. The van der Waals surface area contributed by atoms with Crippen molar-refractivity contribution in [1.29, 1.82) is 0 Å². The summed E-state index contributed by atoms with van der Waals surface area (Å²) in [5.74, 6) is 1.08. The molecule has 0 spiro atoms. The number of fused-ring (bicyclic) bond motifs is 1. The number of rotatable bonds is 13. The number of nitrogens with zero attached hydrogens (tertiary/aromatic N) is 3. The largest absolute Gasteiger partial charge is 0.619 e. The topological polar surface area (TPSA) is 88.0 Å². The van der Waals surface area contributed by atoms with Crippen molar-refractivity contribution in [2.45, 2.75) is 87.0 Å². The van der Waals surface area contributed by atoms with E-state index in [0.29, 0.717) is 17.5 Å². The van der Waals surface area contributed by atoms with Crippen LogP contribution in [0.5, 0.6) is 0 Å². The summed E-state index contributed by atoms with van der Waals surface area (Å²) in [6, 6.07) is 12.7. The maximum atomic E-state index is 14.1. The van der Waals surface area contributed by atoms with Crippen molar-refractivity contribution in [3.63, 3.8) is 0 Å². The third-order valence-electron chi connectivity index (χ3n) is 8.57. The molecular formula is C38H53N5O2. The Morgan fingerprint density at radius 1 is 1.00 bits per heavy atom. The van der Waals surface area contributed by atoms with E-state index in [0.717, 1.165) is 70.7 Å². The zero-order valence-electron chi connectivity index (χ0n) is 29.0. The Morgan fingerprint density at radius 3 is 2.24 bits per heavy atom. The minimum atomic E-state index is -0.774. The lowest BCUT2D eigenvalue weighted by Gasteiger charge is -2.34. The zero-order valence-corrected chi connectivity index (χ0v) is 29.0. The Balaban J connectivity index is 1.70. The van der Waals surface area contributed by atoms with Gasteiger partial charge in [-0.25, -0.2) is 0 Å². The molecule has 3 heterocycles. The molecule has 0 aliphatic rings. The van der Waals surface area contributed by atoms with Crippen molar-refractivity contribution in [2.75, 3.05) is 26.2 Å². The van der Waals surface area contributed by atoms with E-state index in [1.807, 2.05) is 44.0 Å². The normalized spacial score (nSPS) is 12.8. The molecule has 45 heavy (non-hydrogen) atoms. The van der Waals surface area contributed by atoms with Crippen LogP contribution in [-0.2, 0) is 16.6 Å². The minimum absolute atomic E-state index is 0.122. The third-order valence-corrected chi connectivity index (χ3v) is 8.57. The van der Waals surface area contributed by atoms with Gasteiger partial charge >= 0.3 is 0 Å². The van der Waals surface area contributed by atoms with Crippen molar-refractivity contribution >= 4 is 16.8 Å². The molecule has 0 fully saturated rings. The predicted octanol–water partition coefficient (Wildman–Crippen LogP) is 7.14. The van der Waals surface area contributed by atoms with E-state index in [2.05, 4.69) is 83.0 Å². The number of hydrogen-bond acceptors (Lipinski definition) is 4. The molecule has 1 amide bonds. The number of carbonyl (C=O) groups excluding carboxylic acids is 1. The van der Waals surface area contributed by atoms with E-state index in [-0.39, 0.29) is 11.8 Å². The molecule has 1 aromatic carbocycles. The van der Waals surface area contributed by atoms with Crippen LogP contribution >= 0.6 is 0 Å². The van der Waals surface area contributed by atoms with E-state index in [4.69, 9.17) is 4.98 Å². The van der Waals surface area contributed by atoms with Crippen LogP contribution in [0.4, 0.5) is 0 Å². The maximum Gasteiger partial charge on any atom is 0.234 e. The molecule has 0 saturated heterocycles. The highest BCUT2D eigenvalue weighted by molar-refractivity contribution is 5.93. The molecule has 7 heteroatoms. The van der Waals surface area contributed by atoms with Gasteiger partial charge in [-0.2, -0.15) is 4.73 Å². The maximum absolute atomic E-state index is 14.1. The molecule has 0 aliphatic heterocycles. The number of H-pyrrole nitrogens is 1. The highest BCUT2D eigenvalue weighted by Crippen LogP contribution is 2.38. The Hall–Kier alpha value is -3.71. The number of nitrogens with one attached hydrogen (secondary N) is 2. The van der Waals surface area contributed by atoms with Crippen molar-refractivity contribution in [2.24, 2.45) is 11.8 Å². The number of aromatic amines is 1. The first kappa shape index (κ1) is 34.2.